The standard InChI is InChI=1S/C21H25FN2O/c1-2-16-7-9-17(10-8-16)15-24(18-11-12-18)14-13-21(25)23-20-6-4-3-5-19(20)22/h3-10,18H,2,11-15H2,1H3,(H,23,25). The second-order valence-corrected chi connectivity index (χ2v) is 6.65. The molecule has 0 unspecified atom stereocenters. The van der Waals surface area contributed by atoms with E-state index in [4.69, 9.17) is 0 Å². The Bertz CT molecular complexity index is 710. The quantitative estimate of drug-likeness (QED) is 0.773. The summed E-state index contributed by atoms with van der Waals surface area (Å²) in [6.07, 6.45) is 3.81. The largest absolute Gasteiger partial charge is 0.324 e. The van der Waals surface area contributed by atoms with E-state index < -0.39 is 5.82 Å². The normalized spacial score (nSPS) is 13.9. The summed E-state index contributed by atoms with van der Waals surface area (Å²) in [4.78, 5) is 14.5. The molecule has 0 aliphatic heterocycles. The van der Waals surface area contributed by atoms with Crippen LogP contribution in [0.2, 0.25) is 0 Å². The second-order valence-electron chi connectivity index (χ2n) is 6.65. The molecule has 2 aromatic carbocycles. The van der Waals surface area contributed by atoms with Crippen LogP contribution in [0, 0.1) is 5.82 Å². The molecule has 0 bridgehead atoms. The van der Waals surface area contributed by atoms with Crippen molar-refractivity contribution in [1.82, 2.24) is 4.90 Å². The Balaban J connectivity index is 1.53. The molecule has 1 N–H and O–H groups in total. The van der Waals surface area contributed by atoms with E-state index >= 15 is 0 Å². The van der Waals surface area contributed by atoms with Crippen LogP contribution in [0.15, 0.2) is 48.5 Å². The van der Waals surface area contributed by atoms with Crippen LogP contribution < -0.4 is 5.32 Å². The molecule has 3 nitrogen and oxygen atoms in total. The van der Waals surface area contributed by atoms with Gasteiger partial charge in [-0.25, -0.2) is 4.39 Å². The van der Waals surface area contributed by atoms with Gasteiger partial charge in [0.2, 0.25) is 5.91 Å². The summed E-state index contributed by atoms with van der Waals surface area (Å²) < 4.78 is 13.6. The number of para-hydroxylation sites is 1. The van der Waals surface area contributed by atoms with E-state index in [0.29, 0.717) is 19.0 Å². The fraction of sp³-hybridized carbons (Fsp3) is 0.381. The van der Waals surface area contributed by atoms with Crippen molar-refractivity contribution in [2.24, 2.45) is 0 Å². The van der Waals surface area contributed by atoms with Crippen molar-refractivity contribution in [2.75, 3.05) is 11.9 Å². The molecule has 0 radical (unpaired) electrons. The number of carbonyl (C=O) groups is 1. The summed E-state index contributed by atoms with van der Waals surface area (Å²) in [5, 5.41) is 2.66. The molecular weight excluding hydrogens is 315 g/mol. The maximum atomic E-state index is 13.6. The van der Waals surface area contributed by atoms with Gasteiger partial charge in [-0.2, -0.15) is 0 Å². The predicted molar refractivity (Wildman–Crippen MR) is 98.9 cm³/mol. The summed E-state index contributed by atoms with van der Waals surface area (Å²) >= 11 is 0. The molecule has 2 aromatic rings. The van der Waals surface area contributed by atoms with Crippen LogP contribution >= 0.6 is 0 Å². The highest BCUT2D eigenvalue weighted by atomic mass is 19.1. The topological polar surface area (TPSA) is 32.3 Å². The van der Waals surface area contributed by atoms with Crippen molar-refractivity contribution in [1.29, 1.82) is 0 Å². The highest BCUT2D eigenvalue weighted by Gasteiger charge is 2.29. The molecule has 1 amide bonds. The number of amides is 1. The Hall–Kier alpha value is -2.20. The van der Waals surface area contributed by atoms with E-state index in [1.807, 2.05) is 0 Å². The molecule has 0 heterocycles. The molecule has 132 valence electrons. The van der Waals surface area contributed by atoms with Crippen LogP contribution in [0.3, 0.4) is 0 Å². The zero-order chi connectivity index (χ0) is 17.6. The first-order valence-corrected chi connectivity index (χ1v) is 9.02. The van der Waals surface area contributed by atoms with Gasteiger partial charge in [-0.1, -0.05) is 43.3 Å². The lowest BCUT2D eigenvalue weighted by molar-refractivity contribution is -0.116. The van der Waals surface area contributed by atoms with Crippen molar-refractivity contribution in [3.05, 3.63) is 65.5 Å². The number of nitrogens with one attached hydrogen (secondary N) is 1. The van der Waals surface area contributed by atoms with Gasteiger partial charge in [0.15, 0.2) is 0 Å². The van der Waals surface area contributed by atoms with Gasteiger partial charge in [0.1, 0.15) is 5.82 Å². The third-order valence-corrected chi connectivity index (χ3v) is 4.65. The van der Waals surface area contributed by atoms with Crippen molar-refractivity contribution >= 4 is 11.6 Å². The maximum Gasteiger partial charge on any atom is 0.225 e. The lowest BCUT2D eigenvalue weighted by Crippen LogP contribution is -2.29. The first-order valence-electron chi connectivity index (χ1n) is 9.02. The Morgan fingerprint density at radius 1 is 1.12 bits per heavy atom. The third-order valence-electron chi connectivity index (χ3n) is 4.65. The van der Waals surface area contributed by atoms with Crippen molar-refractivity contribution < 1.29 is 9.18 Å². The van der Waals surface area contributed by atoms with E-state index in [-0.39, 0.29) is 11.6 Å². The predicted octanol–water partition coefficient (Wildman–Crippen LogP) is 4.38. The number of aryl methyl sites for hydroxylation is 1. The Morgan fingerprint density at radius 3 is 2.44 bits per heavy atom. The van der Waals surface area contributed by atoms with Crippen molar-refractivity contribution in [3.63, 3.8) is 0 Å². The zero-order valence-corrected chi connectivity index (χ0v) is 14.7. The van der Waals surface area contributed by atoms with E-state index in [2.05, 4.69) is 41.4 Å². The fourth-order valence-corrected chi connectivity index (χ4v) is 2.97. The van der Waals surface area contributed by atoms with Crippen LogP contribution in [-0.4, -0.2) is 23.4 Å². The summed E-state index contributed by atoms with van der Waals surface area (Å²) in [5.74, 6) is -0.539. The molecule has 1 fully saturated rings. The molecule has 1 aliphatic rings. The number of rotatable bonds is 8. The Labute approximate surface area is 148 Å². The zero-order valence-electron chi connectivity index (χ0n) is 14.7. The number of hydrogen-bond acceptors (Lipinski definition) is 2. The van der Waals surface area contributed by atoms with Crippen LogP contribution in [0.1, 0.15) is 37.3 Å². The highest BCUT2D eigenvalue weighted by Crippen LogP contribution is 2.28. The molecular formula is C21H25FN2O. The number of benzene rings is 2. The van der Waals surface area contributed by atoms with Gasteiger partial charge in [0.25, 0.3) is 0 Å². The summed E-state index contributed by atoms with van der Waals surface area (Å²) in [6, 6.07) is 15.5. The van der Waals surface area contributed by atoms with Crippen LogP contribution in [-0.2, 0) is 17.8 Å². The minimum absolute atomic E-state index is 0.142. The summed E-state index contributed by atoms with van der Waals surface area (Å²) in [6.45, 7) is 3.71. The molecule has 0 spiro atoms. The van der Waals surface area contributed by atoms with Gasteiger partial charge >= 0.3 is 0 Å². The van der Waals surface area contributed by atoms with Gasteiger partial charge in [0, 0.05) is 25.6 Å². The van der Waals surface area contributed by atoms with Gasteiger partial charge in [0.05, 0.1) is 5.69 Å². The molecule has 1 aliphatic carbocycles. The maximum absolute atomic E-state index is 13.6. The summed E-state index contributed by atoms with van der Waals surface area (Å²) in [5.41, 5.74) is 2.87. The van der Waals surface area contributed by atoms with E-state index in [1.54, 1.807) is 18.2 Å². The molecule has 25 heavy (non-hydrogen) atoms. The van der Waals surface area contributed by atoms with Crippen molar-refractivity contribution in [3.8, 4) is 0 Å². The number of nitrogens with zero attached hydrogens (tertiary/aromatic N) is 1. The second kappa shape index (κ2) is 8.26. The van der Waals surface area contributed by atoms with Gasteiger partial charge in [-0.3, -0.25) is 9.69 Å². The van der Waals surface area contributed by atoms with Gasteiger partial charge < -0.3 is 5.32 Å². The molecule has 0 saturated heterocycles. The highest BCUT2D eigenvalue weighted by molar-refractivity contribution is 5.90. The third kappa shape index (κ3) is 5.13. The van der Waals surface area contributed by atoms with Crippen LogP contribution in [0.25, 0.3) is 0 Å². The lowest BCUT2D eigenvalue weighted by atomic mass is 10.1. The van der Waals surface area contributed by atoms with Crippen molar-refractivity contribution in [2.45, 2.75) is 45.2 Å². The molecule has 1 saturated carbocycles. The van der Waals surface area contributed by atoms with Crippen LogP contribution in [0.4, 0.5) is 10.1 Å². The molecule has 3 rings (SSSR count). The molecule has 0 atom stereocenters. The molecule has 0 aromatic heterocycles. The van der Waals surface area contributed by atoms with Gasteiger partial charge in [-0.05, 0) is 42.5 Å². The minimum Gasteiger partial charge on any atom is -0.324 e. The van der Waals surface area contributed by atoms with E-state index in [1.165, 1.54) is 30.0 Å². The number of anilines is 1. The number of hydrogen-bond donors (Lipinski definition) is 1. The smallest absolute Gasteiger partial charge is 0.225 e. The Kier molecular flexibility index (Phi) is 5.82. The molecule has 4 heteroatoms. The minimum atomic E-state index is -0.397. The first kappa shape index (κ1) is 17.6. The average molecular weight is 340 g/mol. The number of halogens is 1. The van der Waals surface area contributed by atoms with Gasteiger partial charge in [-0.15, -0.1) is 0 Å². The van der Waals surface area contributed by atoms with E-state index in [0.717, 1.165) is 13.0 Å². The lowest BCUT2D eigenvalue weighted by Gasteiger charge is -2.22. The number of carbonyl (C=O) groups excluding carboxylic acids is 1. The fourth-order valence-electron chi connectivity index (χ4n) is 2.97. The monoisotopic (exact) mass is 340 g/mol. The average Bonchev–Trinajstić information content (AvgIpc) is 3.46. The van der Waals surface area contributed by atoms with E-state index in [9.17, 15) is 9.18 Å². The SMILES string of the molecule is CCc1ccc(CN(CCC(=O)Nc2ccccc2F)C2CC2)cc1. The van der Waals surface area contributed by atoms with Crippen LogP contribution in [0.5, 0.6) is 0 Å². The summed E-state index contributed by atoms with van der Waals surface area (Å²) in [7, 11) is 0. The Morgan fingerprint density at radius 2 is 1.80 bits per heavy atom. The first-order chi connectivity index (χ1) is 12.2.